The van der Waals surface area contributed by atoms with E-state index in [-0.39, 0.29) is 48.7 Å². The maximum absolute atomic E-state index is 13.4. The lowest BCUT2D eigenvalue weighted by molar-refractivity contribution is -0.138. The normalized spacial score (nSPS) is 22.0. The molecule has 30 heavy (non-hydrogen) atoms. The second-order valence-electron chi connectivity index (χ2n) is 8.07. The molecular weight excluding hydrogens is 423 g/mol. The van der Waals surface area contributed by atoms with Crippen LogP contribution in [0.4, 0.5) is 0 Å². The summed E-state index contributed by atoms with van der Waals surface area (Å²) in [4.78, 5) is 29.7. The lowest BCUT2D eigenvalue weighted by Gasteiger charge is -2.37. The fourth-order valence-electron chi connectivity index (χ4n) is 4.28. The van der Waals surface area contributed by atoms with Crippen LogP contribution in [-0.2, 0) is 9.59 Å². The van der Waals surface area contributed by atoms with E-state index in [0.29, 0.717) is 12.5 Å². The number of carbonyl (C=O) groups is 2. The van der Waals surface area contributed by atoms with Crippen LogP contribution in [0.2, 0.25) is 0 Å². The Bertz CT molecular complexity index is 656. The van der Waals surface area contributed by atoms with Crippen molar-refractivity contribution in [2.45, 2.75) is 44.7 Å². The summed E-state index contributed by atoms with van der Waals surface area (Å²) >= 11 is 0. The zero-order valence-electron chi connectivity index (χ0n) is 18.0. The minimum absolute atomic E-state index is 0. The van der Waals surface area contributed by atoms with Gasteiger partial charge < -0.3 is 15.5 Å². The number of hydrogen-bond acceptors (Lipinski definition) is 4. The largest absolute Gasteiger partial charge is 0.354 e. The summed E-state index contributed by atoms with van der Waals surface area (Å²) in [6.07, 6.45) is 4.03. The maximum Gasteiger partial charge on any atom is 0.244 e. The average Bonchev–Trinajstić information content (AvgIpc) is 3.28. The Hall–Kier alpha value is -1.34. The molecule has 0 radical (unpaired) electrons. The quantitative estimate of drug-likeness (QED) is 0.658. The first-order chi connectivity index (χ1) is 13.6. The number of carbonyl (C=O) groups excluding carboxylic acids is 2. The van der Waals surface area contributed by atoms with Gasteiger partial charge in [-0.1, -0.05) is 37.3 Å². The van der Waals surface area contributed by atoms with E-state index < -0.39 is 0 Å². The van der Waals surface area contributed by atoms with E-state index in [9.17, 15) is 9.59 Å². The average molecular weight is 459 g/mol. The Labute approximate surface area is 193 Å². The molecule has 2 heterocycles. The predicted molar refractivity (Wildman–Crippen MR) is 125 cm³/mol. The number of amides is 2. The van der Waals surface area contributed by atoms with Gasteiger partial charge in [0.1, 0.15) is 6.04 Å². The Kier molecular flexibility index (Phi) is 11.7. The minimum atomic E-state index is -0.248. The van der Waals surface area contributed by atoms with Gasteiger partial charge in [0.25, 0.3) is 0 Å². The molecule has 6 nitrogen and oxygen atoms in total. The highest BCUT2D eigenvalue weighted by atomic mass is 35.5. The van der Waals surface area contributed by atoms with Crippen molar-refractivity contribution in [2.24, 2.45) is 5.92 Å². The summed E-state index contributed by atoms with van der Waals surface area (Å²) in [6.45, 7) is 5.99. The van der Waals surface area contributed by atoms with E-state index in [1.165, 1.54) is 0 Å². The summed E-state index contributed by atoms with van der Waals surface area (Å²) in [5.41, 5.74) is 1.04. The van der Waals surface area contributed by atoms with E-state index in [2.05, 4.69) is 22.5 Å². The third-order valence-electron chi connectivity index (χ3n) is 6.06. The standard InChI is InChI=1S/C22H34N4O2.2ClH/c1-3-25(2)20(18-10-5-4-6-11-18)22(28)26-14-8-9-17(16-26)15-24-21(27)19-12-7-13-23-19;;/h4-6,10-11,17,19-20,23H,3,7-9,12-16H2,1-2H3,(H,24,27);2*1H. The van der Waals surface area contributed by atoms with Crippen LogP contribution in [0.15, 0.2) is 30.3 Å². The highest BCUT2D eigenvalue weighted by Gasteiger charge is 2.32. The Balaban J connectivity index is 0.00000225. The van der Waals surface area contributed by atoms with E-state index in [0.717, 1.165) is 57.4 Å². The molecular formula is C22H36Cl2N4O2. The second kappa shape index (κ2) is 13.2. The van der Waals surface area contributed by atoms with Gasteiger partial charge in [-0.15, -0.1) is 24.8 Å². The Morgan fingerprint density at radius 1 is 1.20 bits per heavy atom. The highest BCUT2D eigenvalue weighted by Crippen LogP contribution is 2.25. The van der Waals surface area contributed by atoms with Gasteiger partial charge in [-0.05, 0) is 57.3 Å². The van der Waals surface area contributed by atoms with Crippen LogP contribution < -0.4 is 10.6 Å². The molecule has 1 aromatic rings. The van der Waals surface area contributed by atoms with E-state index in [4.69, 9.17) is 0 Å². The molecule has 2 aliphatic rings. The van der Waals surface area contributed by atoms with Gasteiger partial charge in [0.05, 0.1) is 6.04 Å². The number of likely N-dealkylation sites (N-methyl/N-ethyl adjacent to an activating group) is 1. The van der Waals surface area contributed by atoms with Crippen LogP contribution in [0.25, 0.3) is 0 Å². The number of benzene rings is 1. The number of piperidine rings is 1. The highest BCUT2D eigenvalue weighted by molar-refractivity contribution is 5.86. The summed E-state index contributed by atoms with van der Waals surface area (Å²) in [6, 6.07) is 9.74. The van der Waals surface area contributed by atoms with Gasteiger partial charge in [0.15, 0.2) is 0 Å². The van der Waals surface area contributed by atoms with Crippen molar-refractivity contribution in [3.8, 4) is 0 Å². The lowest BCUT2D eigenvalue weighted by atomic mass is 9.96. The molecule has 0 saturated carbocycles. The molecule has 3 unspecified atom stereocenters. The zero-order valence-corrected chi connectivity index (χ0v) is 19.6. The van der Waals surface area contributed by atoms with Gasteiger partial charge in [-0.2, -0.15) is 0 Å². The number of likely N-dealkylation sites (tertiary alicyclic amines) is 1. The third kappa shape index (κ3) is 6.84. The van der Waals surface area contributed by atoms with Gasteiger partial charge >= 0.3 is 0 Å². The van der Waals surface area contributed by atoms with Crippen LogP contribution in [-0.4, -0.2) is 67.4 Å². The molecule has 2 aliphatic heterocycles. The van der Waals surface area contributed by atoms with E-state index in [1.807, 2.05) is 42.3 Å². The van der Waals surface area contributed by atoms with E-state index in [1.54, 1.807) is 0 Å². The van der Waals surface area contributed by atoms with Crippen LogP contribution >= 0.6 is 24.8 Å². The first-order valence-electron chi connectivity index (χ1n) is 10.6. The van der Waals surface area contributed by atoms with Crippen molar-refractivity contribution in [2.75, 3.05) is 39.8 Å². The smallest absolute Gasteiger partial charge is 0.244 e. The lowest BCUT2D eigenvalue weighted by Crippen LogP contribution is -2.49. The van der Waals surface area contributed by atoms with Gasteiger partial charge in [0.2, 0.25) is 11.8 Å². The molecule has 2 saturated heterocycles. The number of halogens is 2. The summed E-state index contributed by atoms with van der Waals surface area (Å²) in [5.74, 6) is 0.601. The monoisotopic (exact) mass is 458 g/mol. The first kappa shape index (κ1) is 26.7. The van der Waals surface area contributed by atoms with E-state index >= 15 is 0 Å². The molecule has 3 rings (SSSR count). The number of hydrogen-bond donors (Lipinski definition) is 2. The molecule has 8 heteroatoms. The number of nitrogens with one attached hydrogen (secondary N) is 2. The van der Waals surface area contributed by atoms with Crippen LogP contribution in [0.3, 0.4) is 0 Å². The molecule has 2 amide bonds. The van der Waals surface area contributed by atoms with Crippen molar-refractivity contribution in [1.29, 1.82) is 0 Å². The topological polar surface area (TPSA) is 64.7 Å². The van der Waals surface area contributed by atoms with Gasteiger partial charge in [-0.3, -0.25) is 14.5 Å². The van der Waals surface area contributed by atoms with Gasteiger partial charge in [-0.25, -0.2) is 0 Å². The van der Waals surface area contributed by atoms with Crippen molar-refractivity contribution < 1.29 is 9.59 Å². The fraction of sp³-hybridized carbons (Fsp3) is 0.636. The fourth-order valence-corrected chi connectivity index (χ4v) is 4.28. The van der Waals surface area contributed by atoms with Crippen LogP contribution in [0.1, 0.15) is 44.2 Å². The summed E-state index contributed by atoms with van der Waals surface area (Å²) in [7, 11) is 2.01. The number of nitrogens with zero attached hydrogens (tertiary/aromatic N) is 2. The second-order valence-corrected chi connectivity index (χ2v) is 8.07. The Morgan fingerprint density at radius 3 is 2.57 bits per heavy atom. The summed E-state index contributed by atoms with van der Waals surface area (Å²) in [5, 5.41) is 6.34. The molecule has 2 fully saturated rings. The van der Waals surface area contributed by atoms with Gasteiger partial charge in [0, 0.05) is 19.6 Å². The van der Waals surface area contributed by atoms with Crippen molar-refractivity contribution >= 4 is 36.6 Å². The molecule has 2 N–H and O–H groups in total. The molecule has 0 aromatic heterocycles. The van der Waals surface area contributed by atoms with Crippen molar-refractivity contribution in [3.05, 3.63) is 35.9 Å². The molecule has 0 aliphatic carbocycles. The first-order valence-corrected chi connectivity index (χ1v) is 10.6. The molecule has 0 bridgehead atoms. The predicted octanol–water partition coefficient (Wildman–Crippen LogP) is 2.63. The molecule has 0 spiro atoms. The minimum Gasteiger partial charge on any atom is -0.354 e. The maximum atomic E-state index is 13.4. The number of rotatable bonds is 7. The molecule has 170 valence electrons. The van der Waals surface area contributed by atoms with Crippen LogP contribution in [0, 0.1) is 5.92 Å². The summed E-state index contributed by atoms with van der Waals surface area (Å²) < 4.78 is 0. The van der Waals surface area contributed by atoms with Crippen molar-refractivity contribution in [3.63, 3.8) is 0 Å². The molecule has 3 atom stereocenters. The third-order valence-corrected chi connectivity index (χ3v) is 6.06. The molecule has 1 aromatic carbocycles. The zero-order chi connectivity index (χ0) is 19.9. The SMILES string of the molecule is CCN(C)C(C(=O)N1CCCC(CNC(=O)C2CCCN2)C1)c1ccccc1.Cl.Cl. The van der Waals surface area contributed by atoms with Crippen molar-refractivity contribution in [1.82, 2.24) is 20.4 Å². The van der Waals surface area contributed by atoms with Crippen LogP contribution in [0.5, 0.6) is 0 Å². The Morgan fingerprint density at radius 2 is 1.93 bits per heavy atom.